The summed E-state index contributed by atoms with van der Waals surface area (Å²) < 4.78 is 13.2. The SMILES string of the molecule is O=C(NCCOCCOCCNc1nc(NCCCn2ccnc2)nc(NCCc2ccccc2)n1)c1ccccc1. The van der Waals surface area contributed by atoms with Crippen LogP contribution in [0.4, 0.5) is 17.8 Å². The lowest BCUT2D eigenvalue weighted by atomic mass is 10.1. The van der Waals surface area contributed by atoms with Crippen LogP contribution in [0.15, 0.2) is 79.4 Å². The van der Waals surface area contributed by atoms with E-state index in [0.717, 1.165) is 19.4 Å². The maximum atomic E-state index is 12.0. The smallest absolute Gasteiger partial charge is 0.251 e. The van der Waals surface area contributed by atoms with Gasteiger partial charge in [-0.2, -0.15) is 15.0 Å². The normalized spacial score (nSPS) is 10.8. The molecule has 12 nitrogen and oxygen atoms in total. The van der Waals surface area contributed by atoms with Gasteiger partial charge in [0.25, 0.3) is 5.91 Å². The fourth-order valence-electron chi connectivity index (χ4n) is 3.94. The number of amides is 1. The quantitative estimate of drug-likeness (QED) is 0.117. The van der Waals surface area contributed by atoms with Crippen molar-refractivity contribution in [2.24, 2.45) is 0 Å². The van der Waals surface area contributed by atoms with Gasteiger partial charge in [-0.1, -0.05) is 48.5 Å². The number of nitrogens with one attached hydrogen (secondary N) is 4. The molecule has 0 bridgehead atoms. The molecule has 0 saturated heterocycles. The molecule has 12 heteroatoms. The molecule has 2 aromatic heterocycles. The fraction of sp³-hybridized carbons (Fsp3) is 0.367. The van der Waals surface area contributed by atoms with Crippen molar-refractivity contribution in [2.75, 3.05) is 68.6 Å². The van der Waals surface area contributed by atoms with Crippen molar-refractivity contribution in [3.05, 3.63) is 90.5 Å². The topological polar surface area (TPSA) is 140 Å². The molecule has 222 valence electrons. The third kappa shape index (κ3) is 11.5. The van der Waals surface area contributed by atoms with Crippen molar-refractivity contribution in [1.82, 2.24) is 29.8 Å². The molecule has 0 aliphatic carbocycles. The maximum absolute atomic E-state index is 12.0. The Labute approximate surface area is 246 Å². The highest BCUT2D eigenvalue weighted by molar-refractivity contribution is 5.94. The number of benzene rings is 2. The number of carbonyl (C=O) groups is 1. The van der Waals surface area contributed by atoms with E-state index in [4.69, 9.17) is 9.47 Å². The van der Waals surface area contributed by atoms with Gasteiger partial charge in [-0.05, 0) is 30.5 Å². The van der Waals surface area contributed by atoms with Crippen LogP contribution in [0.3, 0.4) is 0 Å². The molecule has 0 aliphatic heterocycles. The first-order chi connectivity index (χ1) is 20.8. The zero-order valence-electron chi connectivity index (χ0n) is 23.7. The number of hydrogen-bond acceptors (Lipinski definition) is 10. The highest BCUT2D eigenvalue weighted by Crippen LogP contribution is 2.10. The molecule has 4 rings (SSSR count). The zero-order valence-corrected chi connectivity index (χ0v) is 23.7. The van der Waals surface area contributed by atoms with Gasteiger partial charge in [0.15, 0.2) is 0 Å². The van der Waals surface area contributed by atoms with E-state index in [-0.39, 0.29) is 5.91 Å². The largest absolute Gasteiger partial charge is 0.377 e. The minimum Gasteiger partial charge on any atom is -0.377 e. The van der Waals surface area contributed by atoms with E-state index >= 15 is 0 Å². The van der Waals surface area contributed by atoms with Crippen LogP contribution in [0, 0.1) is 0 Å². The number of imidazole rings is 1. The lowest BCUT2D eigenvalue weighted by Gasteiger charge is -2.12. The lowest BCUT2D eigenvalue weighted by molar-refractivity contribution is 0.0519. The summed E-state index contributed by atoms with van der Waals surface area (Å²) in [5.41, 5.74) is 1.88. The monoisotopic (exact) mass is 573 g/mol. The second-order valence-electron chi connectivity index (χ2n) is 9.32. The molecule has 0 radical (unpaired) electrons. The predicted molar refractivity (Wildman–Crippen MR) is 163 cm³/mol. The van der Waals surface area contributed by atoms with Crippen LogP contribution in [0.5, 0.6) is 0 Å². The summed E-state index contributed by atoms with van der Waals surface area (Å²) in [7, 11) is 0. The van der Waals surface area contributed by atoms with E-state index < -0.39 is 0 Å². The van der Waals surface area contributed by atoms with Crippen LogP contribution in [-0.2, 0) is 22.4 Å². The molecule has 4 aromatic rings. The molecule has 0 unspecified atom stereocenters. The molecule has 4 N–H and O–H groups in total. The number of ether oxygens (including phenoxy) is 2. The van der Waals surface area contributed by atoms with Crippen molar-refractivity contribution >= 4 is 23.8 Å². The Bertz CT molecular complexity index is 1290. The summed E-state index contributed by atoms with van der Waals surface area (Å²) in [6, 6.07) is 19.4. The highest BCUT2D eigenvalue weighted by Gasteiger charge is 2.07. The average Bonchev–Trinajstić information content (AvgIpc) is 3.55. The third-order valence-corrected chi connectivity index (χ3v) is 6.08. The van der Waals surface area contributed by atoms with Gasteiger partial charge in [0, 0.05) is 50.7 Å². The van der Waals surface area contributed by atoms with Crippen LogP contribution in [-0.4, -0.2) is 83.0 Å². The van der Waals surface area contributed by atoms with Gasteiger partial charge in [-0.3, -0.25) is 4.79 Å². The number of carbonyl (C=O) groups excluding carboxylic acids is 1. The van der Waals surface area contributed by atoms with E-state index in [2.05, 4.69) is 53.3 Å². The van der Waals surface area contributed by atoms with Crippen LogP contribution in [0.2, 0.25) is 0 Å². The number of aryl methyl sites for hydroxylation is 1. The molecule has 0 aliphatic rings. The van der Waals surface area contributed by atoms with E-state index in [1.165, 1.54) is 5.56 Å². The summed E-state index contributed by atoms with van der Waals surface area (Å²) in [4.78, 5) is 29.7. The molecule has 2 heterocycles. The van der Waals surface area contributed by atoms with Gasteiger partial charge in [-0.25, -0.2) is 4.98 Å². The van der Waals surface area contributed by atoms with Crippen LogP contribution in [0.1, 0.15) is 22.3 Å². The van der Waals surface area contributed by atoms with Gasteiger partial charge in [-0.15, -0.1) is 0 Å². The molecule has 42 heavy (non-hydrogen) atoms. The first-order valence-corrected chi connectivity index (χ1v) is 14.2. The molecular weight excluding hydrogens is 534 g/mol. The second kappa shape index (κ2) is 18.0. The van der Waals surface area contributed by atoms with Crippen molar-refractivity contribution in [3.8, 4) is 0 Å². The molecule has 2 aromatic carbocycles. The second-order valence-corrected chi connectivity index (χ2v) is 9.32. The van der Waals surface area contributed by atoms with E-state index in [1.54, 1.807) is 24.7 Å². The summed E-state index contributed by atoms with van der Waals surface area (Å²) >= 11 is 0. The Morgan fingerprint density at radius 3 is 2.00 bits per heavy atom. The molecule has 0 spiro atoms. The maximum Gasteiger partial charge on any atom is 0.251 e. The first kappa shape index (κ1) is 30.4. The van der Waals surface area contributed by atoms with Gasteiger partial charge in [0.2, 0.25) is 17.8 Å². The molecule has 1 amide bonds. The van der Waals surface area contributed by atoms with Crippen molar-refractivity contribution in [1.29, 1.82) is 0 Å². The van der Waals surface area contributed by atoms with Gasteiger partial charge in [0.1, 0.15) is 0 Å². The summed E-state index contributed by atoms with van der Waals surface area (Å²) in [6.07, 6.45) is 7.28. The minimum atomic E-state index is -0.109. The zero-order chi connectivity index (χ0) is 29.1. The lowest BCUT2D eigenvalue weighted by Crippen LogP contribution is -2.27. The fourth-order valence-corrected chi connectivity index (χ4v) is 3.94. The Balaban J connectivity index is 1.13. The molecule has 0 atom stereocenters. The number of aromatic nitrogens is 5. The van der Waals surface area contributed by atoms with Crippen molar-refractivity contribution in [3.63, 3.8) is 0 Å². The van der Waals surface area contributed by atoms with Crippen LogP contribution >= 0.6 is 0 Å². The Hall–Kier alpha value is -4.55. The summed E-state index contributed by atoms with van der Waals surface area (Å²) in [5, 5.41) is 12.7. The molecule has 0 fully saturated rings. The van der Waals surface area contributed by atoms with E-state index in [0.29, 0.717) is 76.0 Å². The highest BCUT2D eigenvalue weighted by atomic mass is 16.5. The Morgan fingerprint density at radius 2 is 1.33 bits per heavy atom. The van der Waals surface area contributed by atoms with Crippen LogP contribution in [0.25, 0.3) is 0 Å². The summed E-state index contributed by atoms with van der Waals surface area (Å²) in [5.74, 6) is 1.38. The molecule has 0 saturated carbocycles. The van der Waals surface area contributed by atoms with E-state index in [9.17, 15) is 4.79 Å². The van der Waals surface area contributed by atoms with Gasteiger partial charge < -0.3 is 35.3 Å². The first-order valence-electron chi connectivity index (χ1n) is 14.2. The Morgan fingerprint density at radius 1 is 0.714 bits per heavy atom. The van der Waals surface area contributed by atoms with Crippen molar-refractivity contribution in [2.45, 2.75) is 19.4 Å². The van der Waals surface area contributed by atoms with Crippen LogP contribution < -0.4 is 21.3 Å². The van der Waals surface area contributed by atoms with Gasteiger partial charge in [0.05, 0.1) is 32.8 Å². The number of rotatable bonds is 20. The van der Waals surface area contributed by atoms with Crippen molar-refractivity contribution < 1.29 is 14.3 Å². The van der Waals surface area contributed by atoms with E-state index in [1.807, 2.05) is 47.2 Å². The minimum absolute atomic E-state index is 0.109. The summed E-state index contributed by atoms with van der Waals surface area (Å²) in [6.45, 7) is 5.01. The predicted octanol–water partition coefficient (Wildman–Crippen LogP) is 3.10. The molecular formula is C30H39N9O3. The Kier molecular flexibility index (Phi) is 13.0. The number of anilines is 3. The average molecular weight is 574 g/mol. The third-order valence-electron chi connectivity index (χ3n) is 6.08. The van der Waals surface area contributed by atoms with Gasteiger partial charge >= 0.3 is 0 Å². The number of nitrogens with zero attached hydrogens (tertiary/aromatic N) is 5. The standard InChI is InChI=1S/C30H39N9O3/c40-27(26-10-5-2-6-11-26)32-16-20-41-22-23-42-21-17-35-30-37-28(33-13-7-18-39-19-15-31-24-39)36-29(38-30)34-14-12-25-8-3-1-4-9-25/h1-6,8-11,15,19,24H,7,12-14,16-18,20-23H2,(H,32,40)(H3,33,34,35,36,37,38). The number of hydrogen-bond donors (Lipinski definition) is 4.